The van der Waals surface area contributed by atoms with Gasteiger partial charge in [0, 0.05) is 31.9 Å². The lowest BCUT2D eigenvalue weighted by Gasteiger charge is -2.31. The number of anilines is 1. The van der Waals surface area contributed by atoms with Crippen LogP contribution in [0.2, 0.25) is 0 Å². The molecule has 100 valence electrons. The third-order valence-electron chi connectivity index (χ3n) is 3.47. The van der Waals surface area contributed by atoms with Gasteiger partial charge in [-0.05, 0) is 18.8 Å². The summed E-state index contributed by atoms with van der Waals surface area (Å²) < 4.78 is 0. The summed E-state index contributed by atoms with van der Waals surface area (Å²) in [5.74, 6) is 1.88. The van der Waals surface area contributed by atoms with Gasteiger partial charge in [0.1, 0.15) is 5.82 Å². The Bertz CT molecular complexity index is 370. The van der Waals surface area contributed by atoms with Crippen LogP contribution in [0.5, 0.6) is 0 Å². The number of nitrogens with zero attached hydrogens (tertiary/aromatic N) is 3. The average Bonchev–Trinajstić information content (AvgIpc) is 2.37. The molecule has 1 N–H and O–H groups in total. The molecule has 2 heterocycles. The summed E-state index contributed by atoms with van der Waals surface area (Å²) in [6, 6.07) is 0.478. The molecule has 0 amide bonds. The maximum absolute atomic E-state index is 4.69. The largest absolute Gasteiger partial charge is 0.355 e. The number of nitrogens with one attached hydrogen (secondary N) is 1. The predicted octanol–water partition coefficient (Wildman–Crippen LogP) is 2.21. The van der Waals surface area contributed by atoms with Crippen molar-refractivity contribution in [2.24, 2.45) is 5.92 Å². The highest BCUT2D eigenvalue weighted by Gasteiger charge is 2.17. The van der Waals surface area contributed by atoms with Gasteiger partial charge in [-0.1, -0.05) is 20.8 Å². The Hall–Kier alpha value is -1.16. The van der Waals surface area contributed by atoms with Crippen LogP contribution >= 0.6 is 0 Å². The quantitative estimate of drug-likeness (QED) is 0.887. The molecule has 0 unspecified atom stereocenters. The number of hydrogen-bond donors (Lipinski definition) is 1. The SMILES string of the molecule is CC1CCN(c2cncc(CNC(C)C)n2)CC1. The molecule has 0 radical (unpaired) electrons. The van der Waals surface area contributed by atoms with Crippen LogP contribution < -0.4 is 10.2 Å². The van der Waals surface area contributed by atoms with Gasteiger partial charge in [0.05, 0.1) is 11.9 Å². The molecule has 0 aromatic carbocycles. The highest BCUT2D eigenvalue weighted by Crippen LogP contribution is 2.20. The van der Waals surface area contributed by atoms with Crippen LogP contribution in [0.3, 0.4) is 0 Å². The van der Waals surface area contributed by atoms with Gasteiger partial charge < -0.3 is 10.2 Å². The summed E-state index contributed by atoms with van der Waals surface area (Å²) in [7, 11) is 0. The van der Waals surface area contributed by atoms with Gasteiger partial charge in [-0.3, -0.25) is 4.98 Å². The van der Waals surface area contributed by atoms with E-state index < -0.39 is 0 Å². The fraction of sp³-hybridized carbons (Fsp3) is 0.714. The minimum atomic E-state index is 0.478. The van der Waals surface area contributed by atoms with E-state index >= 15 is 0 Å². The molecule has 1 saturated heterocycles. The van der Waals surface area contributed by atoms with Crippen molar-refractivity contribution in [2.45, 2.75) is 46.2 Å². The summed E-state index contributed by atoms with van der Waals surface area (Å²) in [4.78, 5) is 11.4. The van der Waals surface area contributed by atoms with E-state index in [1.807, 2.05) is 12.4 Å². The molecule has 1 aliphatic heterocycles. The zero-order valence-corrected chi connectivity index (χ0v) is 11.7. The summed E-state index contributed by atoms with van der Waals surface area (Å²) in [5.41, 5.74) is 1.03. The lowest BCUT2D eigenvalue weighted by Crippen LogP contribution is -2.33. The predicted molar refractivity (Wildman–Crippen MR) is 74.6 cm³/mol. The minimum Gasteiger partial charge on any atom is -0.355 e. The van der Waals surface area contributed by atoms with Crippen LogP contribution in [0.1, 0.15) is 39.3 Å². The normalized spacial score (nSPS) is 17.4. The second kappa shape index (κ2) is 6.14. The first-order chi connectivity index (χ1) is 8.65. The molecule has 18 heavy (non-hydrogen) atoms. The summed E-state index contributed by atoms with van der Waals surface area (Å²) >= 11 is 0. The molecule has 0 atom stereocenters. The Balaban J connectivity index is 1.98. The van der Waals surface area contributed by atoms with E-state index in [0.717, 1.165) is 37.1 Å². The molecule has 0 aliphatic carbocycles. The second-order valence-electron chi connectivity index (χ2n) is 5.57. The summed E-state index contributed by atoms with van der Waals surface area (Å²) in [5, 5.41) is 3.38. The van der Waals surface area contributed by atoms with Crippen LogP contribution in [0.15, 0.2) is 12.4 Å². The number of rotatable bonds is 4. The van der Waals surface area contributed by atoms with Crippen molar-refractivity contribution in [1.82, 2.24) is 15.3 Å². The summed E-state index contributed by atoms with van der Waals surface area (Å²) in [6.07, 6.45) is 6.26. The zero-order valence-electron chi connectivity index (χ0n) is 11.7. The van der Waals surface area contributed by atoms with Crippen LogP contribution in [0.25, 0.3) is 0 Å². The maximum atomic E-state index is 4.69. The molecule has 0 spiro atoms. The minimum absolute atomic E-state index is 0.478. The van der Waals surface area contributed by atoms with Gasteiger partial charge in [0.15, 0.2) is 0 Å². The molecule has 1 fully saturated rings. The van der Waals surface area contributed by atoms with Crippen LogP contribution in [0, 0.1) is 5.92 Å². The third-order valence-corrected chi connectivity index (χ3v) is 3.47. The van der Waals surface area contributed by atoms with E-state index in [9.17, 15) is 0 Å². The van der Waals surface area contributed by atoms with Gasteiger partial charge in [-0.2, -0.15) is 0 Å². The first kappa shape index (κ1) is 13.3. The standard InChI is InChI=1S/C14H24N4/c1-11(2)16-9-13-8-15-10-14(17-13)18-6-4-12(3)5-7-18/h8,10-12,16H,4-7,9H2,1-3H3. The highest BCUT2D eigenvalue weighted by molar-refractivity contribution is 5.36. The molecular formula is C14H24N4. The first-order valence-corrected chi connectivity index (χ1v) is 6.94. The van der Waals surface area contributed by atoms with Crippen molar-refractivity contribution in [3.63, 3.8) is 0 Å². The fourth-order valence-corrected chi connectivity index (χ4v) is 2.18. The molecule has 0 bridgehead atoms. The number of aromatic nitrogens is 2. The molecule has 1 aromatic heterocycles. The second-order valence-corrected chi connectivity index (χ2v) is 5.57. The van der Waals surface area contributed by atoms with Crippen LogP contribution in [-0.2, 0) is 6.54 Å². The zero-order chi connectivity index (χ0) is 13.0. The topological polar surface area (TPSA) is 41.1 Å². The molecule has 0 saturated carbocycles. The van der Waals surface area contributed by atoms with Gasteiger partial charge >= 0.3 is 0 Å². The maximum Gasteiger partial charge on any atom is 0.147 e. The van der Waals surface area contributed by atoms with E-state index in [-0.39, 0.29) is 0 Å². The third kappa shape index (κ3) is 3.67. The van der Waals surface area contributed by atoms with Crippen molar-refractivity contribution in [3.8, 4) is 0 Å². The Morgan fingerprint density at radius 1 is 1.33 bits per heavy atom. The van der Waals surface area contributed by atoms with E-state index in [2.05, 4.69) is 36.0 Å². The van der Waals surface area contributed by atoms with Crippen molar-refractivity contribution >= 4 is 5.82 Å². The number of piperidine rings is 1. The van der Waals surface area contributed by atoms with E-state index in [4.69, 9.17) is 4.98 Å². The molecule has 4 heteroatoms. The van der Waals surface area contributed by atoms with Crippen molar-refractivity contribution < 1.29 is 0 Å². The van der Waals surface area contributed by atoms with E-state index in [0.29, 0.717) is 6.04 Å². The monoisotopic (exact) mass is 248 g/mol. The molecule has 4 nitrogen and oxygen atoms in total. The molecule has 1 aliphatic rings. The van der Waals surface area contributed by atoms with Gasteiger partial charge in [0.2, 0.25) is 0 Å². The van der Waals surface area contributed by atoms with Gasteiger partial charge in [-0.25, -0.2) is 4.98 Å². The van der Waals surface area contributed by atoms with Crippen molar-refractivity contribution in [3.05, 3.63) is 18.1 Å². The van der Waals surface area contributed by atoms with E-state index in [1.165, 1.54) is 12.8 Å². The van der Waals surface area contributed by atoms with Gasteiger partial charge in [-0.15, -0.1) is 0 Å². The molecule has 1 aromatic rings. The first-order valence-electron chi connectivity index (χ1n) is 6.94. The highest BCUT2D eigenvalue weighted by atomic mass is 15.2. The smallest absolute Gasteiger partial charge is 0.147 e. The molecule has 2 rings (SSSR count). The summed E-state index contributed by atoms with van der Waals surface area (Å²) in [6.45, 7) is 9.62. The van der Waals surface area contributed by atoms with Crippen LogP contribution in [-0.4, -0.2) is 29.1 Å². The Morgan fingerprint density at radius 3 is 2.72 bits per heavy atom. The Kier molecular flexibility index (Phi) is 4.53. The number of hydrogen-bond acceptors (Lipinski definition) is 4. The van der Waals surface area contributed by atoms with Crippen molar-refractivity contribution in [1.29, 1.82) is 0 Å². The lowest BCUT2D eigenvalue weighted by molar-refractivity contribution is 0.436. The lowest BCUT2D eigenvalue weighted by atomic mass is 9.99. The van der Waals surface area contributed by atoms with E-state index in [1.54, 1.807) is 0 Å². The Morgan fingerprint density at radius 2 is 2.06 bits per heavy atom. The molecular weight excluding hydrogens is 224 g/mol. The van der Waals surface area contributed by atoms with Crippen molar-refractivity contribution in [2.75, 3.05) is 18.0 Å². The van der Waals surface area contributed by atoms with Gasteiger partial charge in [0.25, 0.3) is 0 Å². The average molecular weight is 248 g/mol. The Labute approximate surface area is 110 Å². The fourth-order valence-electron chi connectivity index (χ4n) is 2.18. The van der Waals surface area contributed by atoms with Crippen LogP contribution in [0.4, 0.5) is 5.82 Å².